The Balaban J connectivity index is 2.52. The van der Waals surface area contributed by atoms with Crippen LogP contribution in [0.25, 0.3) is 0 Å². The molecule has 0 heterocycles. The van der Waals surface area contributed by atoms with Crippen molar-refractivity contribution in [2.45, 2.75) is 19.4 Å². The van der Waals surface area contributed by atoms with Crippen LogP contribution in [0.1, 0.15) is 24.9 Å². The van der Waals surface area contributed by atoms with Crippen LogP contribution in [0.2, 0.25) is 0 Å². The fourth-order valence-electron chi connectivity index (χ4n) is 1.46. The molecule has 0 saturated carbocycles. The number of carboxylic acid groups (broad SMARTS) is 1. The van der Waals surface area contributed by atoms with Crippen molar-refractivity contribution in [1.82, 2.24) is 10.6 Å². The van der Waals surface area contributed by atoms with Crippen molar-refractivity contribution in [3.05, 3.63) is 35.4 Å². The maximum atomic E-state index is 13.4. The number of hydrogen-bond donors (Lipinski definition) is 3. The second-order valence-electron chi connectivity index (χ2n) is 3.93. The van der Waals surface area contributed by atoms with Crippen molar-refractivity contribution in [2.75, 3.05) is 6.54 Å². The number of aliphatic carboxylic acids is 1. The molecule has 1 aromatic carbocycles. The highest BCUT2D eigenvalue weighted by atomic mass is 19.1. The van der Waals surface area contributed by atoms with Crippen LogP contribution < -0.4 is 10.6 Å². The normalized spacial score (nSPS) is 11.7. The Hall–Kier alpha value is -2.18. The van der Waals surface area contributed by atoms with Gasteiger partial charge >= 0.3 is 12.0 Å². The Kier molecular flexibility index (Phi) is 5.23. The van der Waals surface area contributed by atoms with E-state index in [1.165, 1.54) is 13.0 Å². The minimum atomic E-state index is -1.03. The molecular formula is C12H14F2N2O3. The largest absolute Gasteiger partial charge is 0.481 e. The van der Waals surface area contributed by atoms with Gasteiger partial charge in [0.1, 0.15) is 11.6 Å². The zero-order valence-corrected chi connectivity index (χ0v) is 10.2. The summed E-state index contributed by atoms with van der Waals surface area (Å²) in [7, 11) is 0. The number of carboxylic acids is 1. The summed E-state index contributed by atoms with van der Waals surface area (Å²) in [6.07, 6.45) is -0.202. The van der Waals surface area contributed by atoms with Gasteiger partial charge in [-0.1, -0.05) is 6.07 Å². The first-order valence-electron chi connectivity index (χ1n) is 5.61. The molecule has 0 aliphatic heterocycles. The summed E-state index contributed by atoms with van der Waals surface area (Å²) < 4.78 is 26.1. The fraction of sp³-hybridized carbons (Fsp3) is 0.333. The van der Waals surface area contributed by atoms with Crippen LogP contribution in [-0.2, 0) is 4.79 Å². The van der Waals surface area contributed by atoms with E-state index in [-0.39, 0.29) is 18.5 Å². The van der Waals surface area contributed by atoms with E-state index in [9.17, 15) is 18.4 Å². The number of hydrogen-bond acceptors (Lipinski definition) is 2. The first kappa shape index (κ1) is 14.9. The van der Waals surface area contributed by atoms with Gasteiger partial charge < -0.3 is 15.7 Å². The van der Waals surface area contributed by atoms with Gasteiger partial charge in [0.25, 0.3) is 0 Å². The molecule has 7 heteroatoms. The van der Waals surface area contributed by atoms with Crippen LogP contribution in [0.4, 0.5) is 13.6 Å². The Bertz CT molecular complexity index is 480. The summed E-state index contributed by atoms with van der Waals surface area (Å²) in [5, 5.41) is 13.1. The van der Waals surface area contributed by atoms with Crippen LogP contribution in [0, 0.1) is 11.6 Å². The maximum absolute atomic E-state index is 13.4. The molecule has 0 aliphatic carbocycles. The zero-order valence-electron chi connectivity index (χ0n) is 10.2. The SMILES string of the molecule is CC(NC(=O)NCCC(=O)O)c1ccc(F)cc1F. The third kappa shape index (κ3) is 4.90. The highest BCUT2D eigenvalue weighted by Gasteiger charge is 2.14. The smallest absolute Gasteiger partial charge is 0.315 e. The predicted octanol–water partition coefficient (Wildman–Crippen LogP) is 1.80. The van der Waals surface area contributed by atoms with Gasteiger partial charge in [-0.15, -0.1) is 0 Å². The van der Waals surface area contributed by atoms with Crippen molar-refractivity contribution >= 4 is 12.0 Å². The van der Waals surface area contributed by atoms with Crippen LogP contribution in [0.3, 0.4) is 0 Å². The van der Waals surface area contributed by atoms with Gasteiger partial charge in [0.05, 0.1) is 12.5 Å². The first-order chi connectivity index (χ1) is 8.90. The molecule has 0 fully saturated rings. The molecule has 5 nitrogen and oxygen atoms in total. The van der Waals surface area contributed by atoms with Crippen LogP contribution in [-0.4, -0.2) is 23.7 Å². The maximum Gasteiger partial charge on any atom is 0.315 e. The van der Waals surface area contributed by atoms with Gasteiger partial charge in [-0.2, -0.15) is 0 Å². The summed E-state index contributed by atoms with van der Waals surface area (Å²) >= 11 is 0. The first-order valence-corrected chi connectivity index (χ1v) is 5.61. The number of nitrogens with one attached hydrogen (secondary N) is 2. The van der Waals surface area contributed by atoms with Crippen LogP contribution >= 0.6 is 0 Å². The molecule has 0 radical (unpaired) electrons. The average Bonchev–Trinajstić information content (AvgIpc) is 2.27. The van der Waals surface area contributed by atoms with E-state index in [2.05, 4.69) is 10.6 Å². The van der Waals surface area contributed by atoms with Gasteiger partial charge in [0.2, 0.25) is 0 Å². The molecule has 0 saturated heterocycles. The van der Waals surface area contributed by atoms with Crippen molar-refractivity contribution in [1.29, 1.82) is 0 Å². The molecule has 0 bridgehead atoms. The third-order valence-electron chi connectivity index (χ3n) is 2.40. The zero-order chi connectivity index (χ0) is 14.4. The molecule has 0 aliphatic rings. The number of carbonyl (C=O) groups is 2. The number of rotatable bonds is 5. The van der Waals surface area contributed by atoms with Gasteiger partial charge in [0, 0.05) is 18.2 Å². The Morgan fingerprint density at radius 2 is 2.05 bits per heavy atom. The van der Waals surface area contributed by atoms with Crippen molar-refractivity contribution in [3.63, 3.8) is 0 Å². The van der Waals surface area contributed by atoms with Crippen LogP contribution in [0.5, 0.6) is 0 Å². The number of halogens is 2. The van der Waals surface area contributed by atoms with Gasteiger partial charge in [-0.3, -0.25) is 4.79 Å². The molecule has 0 aromatic heterocycles. The molecule has 3 N–H and O–H groups in total. The summed E-state index contributed by atoms with van der Waals surface area (Å²) in [5.74, 6) is -2.48. The van der Waals surface area contributed by atoms with E-state index in [1.807, 2.05) is 0 Å². The highest BCUT2D eigenvalue weighted by molar-refractivity contribution is 5.75. The summed E-state index contributed by atoms with van der Waals surface area (Å²) in [6.45, 7) is 1.51. The van der Waals surface area contributed by atoms with Gasteiger partial charge in [-0.25, -0.2) is 13.6 Å². The van der Waals surface area contributed by atoms with Crippen molar-refractivity contribution < 1.29 is 23.5 Å². The van der Waals surface area contributed by atoms with E-state index >= 15 is 0 Å². The molecule has 1 atom stereocenters. The van der Waals surface area contributed by atoms with Gasteiger partial charge in [-0.05, 0) is 13.0 Å². The number of benzene rings is 1. The van der Waals surface area contributed by atoms with Crippen LogP contribution in [0.15, 0.2) is 18.2 Å². The van der Waals surface area contributed by atoms with E-state index in [0.29, 0.717) is 0 Å². The Labute approximate surface area is 108 Å². The predicted molar refractivity (Wildman–Crippen MR) is 63.6 cm³/mol. The molecule has 2 amide bonds. The second kappa shape index (κ2) is 6.67. The van der Waals surface area contributed by atoms with E-state index < -0.39 is 29.7 Å². The molecule has 19 heavy (non-hydrogen) atoms. The lowest BCUT2D eigenvalue weighted by Gasteiger charge is -2.15. The van der Waals surface area contributed by atoms with Crippen molar-refractivity contribution in [3.8, 4) is 0 Å². The summed E-state index contributed by atoms with van der Waals surface area (Å²) in [4.78, 5) is 21.6. The molecular weight excluding hydrogens is 258 g/mol. The van der Waals surface area contributed by atoms with Gasteiger partial charge in [0.15, 0.2) is 0 Å². The lowest BCUT2D eigenvalue weighted by molar-refractivity contribution is -0.136. The average molecular weight is 272 g/mol. The minimum Gasteiger partial charge on any atom is -0.481 e. The molecule has 104 valence electrons. The minimum absolute atomic E-state index is 0.0280. The molecule has 0 spiro atoms. The molecule has 1 unspecified atom stereocenters. The lowest BCUT2D eigenvalue weighted by atomic mass is 10.1. The topological polar surface area (TPSA) is 78.4 Å². The van der Waals surface area contributed by atoms with E-state index in [1.54, 1.807) is 0 Å². The fourth-order valence-corrected chi connectivity index (χ4v) is 1.46. The highest BCUT2D eigenvalue weighted by Crippen LogP contribution is 2.17. The Morgan fingerprint density at radius 3 is 2.63 bits per heavy atom. The molecule has 1 rings (SSSR count). The Morgan fingerprint density at radius 1 is 1.37 bits per heavy atom. The third-order valence-corrected chi connectivity index (χ3v) is 2.40. The van der Waals surface area contributed by atoms with E-state index in [4.69, 9.17) is 5.11 Å². The summed E-state index contributed by atoms with van der Waals surface area (Å²) in [5.41, 5.74) is 0.148. The number of urea groups is 1. The summed E-state index contributed by atoms with van der Waals surface area (Å²) in [6, 6.07) is 1.80. The number of amides is 2. The number of carbonyl (C=O) groups excluding carboxylic acids is 1. The second-order valence-corrected chi connectivity index (χ2v) is 3.93. The molecule has 1 aromatic rings. The monoisotopic (exact) mass is 272 g/mol. The standard InChI is InChI=1S/C12H14F2N2O3/c1-7(9-3-2-8(13)6-10(9)14)16-12(19)15-5-4-11(17)18/h2-3,6-7H,4-5H2,1H3,(H,17,18)(H2,15,16,19). The lowest BCUT2D eigenvalue weighted by Crippen LogP contribution is -2.38. The quantitative estimate of drug-likeness (QED) is 0.764. The van der Waals surface area contributed by atoms with Crippen molar-refractivity contribution in [2.24, 2.45) is 0 Å². The van der Waals surface area contributed by atoms with E-state index in [0.717, 1.165) is 12.1 Å².